The van der Waals surface area contributed by atoms with E-state index in [9.17, 15) is 9.18 Å². The fraction of sp³-hybridized carbons (Fsp3) is 0.500. The van der Waals surface area contributed by atoms with Gasteiger partial charge in [-0.25, -0.2) is 4.39 Å². The van der Waals surface area contributed by atoms with E-state index in [4.69, 9.17) is 5.73 Å². The summed E-state index contributed by atoms with van der Waals surface area (Å²) in [6.07, 6.45) is 3.05. The van der Waals surface area contributed by atoms with Crippen LogP contribution in [0.1, 0.15) is 24.8 Å². The van der Waals surface area contributed by atoms with Crippen molar-refractivity contribution in [2.24, 2.45) is 17.6 Å². The summed E-state index contributed by atoms with van der Waals surface area (Å²) >= 11 is 0. The Balaban J connectivity index is 0.00000180. The molecule has 0 unspecified atom stereocenters. The third-order valence-electron chi connectivity index (χ3n) is 3.68. The number of hydrogen-bond donors (Lipinski definition) is 2. The summed E-state index contributed by atoms with van der Waals surface area (Å²) in [4.78, 5) is 12.0. The molecule has 1 aromatic carbocycles. The molecule has 3 nitrogen and oxygen atoms in total. The lowest BCUT2D eigenvalue weighted by molar-refractivity contribution is -0.126. The van der Waals surface area contributed by atoms with E-state index >= 15 is 0 Å². The average Bonchev–Trinajstić information content (AvgIpc) is 2.86. The van der Waals surface area contributed by atoms with Gasteiger partial charge in [-0.3, -0.25) is 4.79 Å². The van der Waals surface area contributed by atoms with E-state index < -0.39 is 0 Å². The third-order valence-corrected chi connectivity index (χ3v) is 3.68. The van der Waals surface area contributed by atoms with E-state index in [-0.39, 0.29) is 30.0 Å². The number of amides is 1. The standard InChI is InChI=1S/C14H19FN2O.ClH/c15-12-6-4-10(5-7-12)9-17-14(18)13-3-1-2-11(13)8-16;/h4-7,11,13H,1-3,8-9,16H2,(H,17,18);1H/t11-,13-;/m1./s1. The first-order chi connectivity index (χ1) is 8.70. The largest absolute Gasteiger partial charge is 0.352 e. The number of carbonyl (C=O) groups excluding carboxylic acids is 1. The minimum absolute atomic E-state index is 0. The lowest BCUT2D eigenvalue weighted by Crippen LogP contribution is -2.34. The molecule has 0 saturated heterocycles. The number of hydrogen-bond acceptors (Lipinski definition) is 2. The third kappa shape index (κ3) is 4.18. The molecule has 0 radical (unpaired) electrons. The molecule has 1 aliphatic rings. The molecule has 0 spiro atoms. The Morgan fingerprint density at radius 2 is 2.00 bits per heavy atom. The van der Waals surface area contributed by atoms with Crippen molar-refractivity contribution in [2.45, 2.75) is 25.8 Å². The van der Waals surface area contributed by atoms with Gasteiger partial charge >= 0.3 is 0 Å². The van der Waals surface area contributed by atoms with Crippen LogP contribution in [0.2, 0.25) is 0 Å². The fourth-order valence-corrected chi connectivity index (χ4v) is 2.59. The van der Waals surface area contributed by atoms with E-state index in [0.717, 1.165) is 24.8 Å². The first kappa shape index (κ1) is 15.9. The van der Waals surface area contributed by atoms with Crippen molar-refractivity contribution in [1.29, 1.82) is 0 Å². The minimum atomic E-state index is -0.260. The maximum absolute atomic E-state index is 12.7. The van der Waals surface area contributed by atoms with Gasteiger partial charge in [0.25, 0.3) is 0 Å². The molecule has 1 fully saturated rings. The topological polar surface area (TPSA) is 55.1 Å². The number of carbonyl (C=O) groups is 1. The van der Waals surface area contributed by atoms with Gasteiger partial charge in [-0.15, -0.1) is 12.4 Å². The van der Waals surface area contributed by atoms with Crippen LogP contribution < -0.4 is 11.1 Å². The summed E-state index contributed by atoms with van der Waals surface area (Å²) < 4.78 is 12.7. The van der Waals surface area contributed by atoms with Gasteiger partial charge < -0.3 is 11.1 Å². The van der Waals surface area contributed by atoms with Crippen LogP contribution in [-0.4, -0.2) is 12.5 Å². The Hall–Kier alpha value is -1.13. The highest BCUT2D eigenvalue weighted by molar-refractivity contribution is 5.85. The van der Waals surface area contributed by atoms with Crippen LogP contribution in [0.5, 0.6) is 0 Å². The second-order valence-electron chi connectivity index (χ2n) is 4.88. The second-order valence-corrected chi connectivity index (χ2v) is 4.88. The summed E-state index contributed by atoms with van der Waals surface area (Å²) in [7, 11) is 0. The number of halogens is 2. The fourth-order valence-electron chi connectivity index (χ4n) is 2.59. The molecule has 1 saturated carbocycles. The highest BCUT2D eigenvalue weighted by atomic mass is 35.5. The van der Waals surface area contributed by atoms with Gasteiger partial charge in [-0.1, -0.05) is 18.6 Å². The maximum atomic E-state index is 12.7. The van der Waals surface area contributed by atoms with Gasteiger partial charge in [0.05, 0.1) is 0 Å². The Bertz CT molecular complexity index is 410. The summed E-state index contributed by atoms with van der Waals surface area (Å²) in [6.45, 7) is 1.03. The molecule has 5 heteroatoms. The highest BCUT2D eigenvalue weighted by Gasteiger charge is 2.31. The summed E-state index contributed by atoms with van der Waals surface area (Å²) in [5.74, 6) is 0.185. The van der Waals surface area contributed by atoms with Gasteiger partial charge in [0.2, 0.25) is 5.91 Å². The van der Waals surface area contributed by atoms with Crippen LogP contribution in [0, 0.1) is 17.7 Å². The average molecular weight is 287 g/mol. The molecule has 2 rings (SSSR count). The van der Waals surface area contributed by atoms with E-state index in [2.05, 4.69) is 5.32 Å². The predicted octanol–water partition coefficient (Wildman–Crippen LogP) is 2.24. The molecule has 1 amide bonds. The van der Waals surface area contributed by atoms with Crippen molar-refractivity contribution in [2.75, 3.05) is 6.54 Å². The molecule has 106 valence electrons. The van der Waals surface area contributed by atoms with E-state index in [0.29, 0.717) is 19.0 Å². The second kappa shape index (κ2) is 7.46. The van der Waals surface area contributed by atoms with Crippen molar-refractivity contribution in [1.82, 2.24) is 5.32 Å². The van der Waals surface area contributed by atoms with Gasteiger partial charge in [-0.2, -0.15) is 0 Å². The zero-order chi connectivity index (χ0) is 13.0. The summed E-state index contributed by atoms with van der Waals surface area (Å²) in [5.41, 5.74) is 6.57. The zero-order valence-electron chi connectivity index (χ0n) is 10.8. The number of rotatable bonds is 4. The SMILES string of the molecule is Cl.NC[C@H]1CCC[C@H]1C(=O)NCc1ccc(F)cc1. The van der Waals surface area contributed by atoms with Crippen LogP contribution in [0.25, 0.3) is 0 Å². The lowest BCUT2D eigenvalue weighted by atomic mass is 9.95. The van der Waals surface area contributed by atoms with Crippen LogP contribution in [0.4, 0.5) is 4.39 Å². The molecule has 0 aliphatic heterocycles. The number of nitrogens with one attached hydrogen (secondary N) is 1. The molecule has 0 heterocycles. The molecular formula is C14H20ClFN2O. The summed E-state index contributed by atoms with van der Waals surface area (Å²) in [5, 5.41) is 2.91. The van der Waals surface area contributed by atoms with Crippen LogP contribution in [0.3, 0.4) is 0 Å². The lowest BCUT2D eigenvalue weighted by Gasteiger charge is -2.17. The van der Waals surface area contributed by atoms with E-state index in [1.165, 1.54) is 12.1 Å². The zero-order valence-corrected chi connectivity index (χ0v) is 11.6. The first-order valence-corrected chi connectivity index (χ1v) is 6.43. The van der Waals surface area contributed by atoms with E-state index in [1.54, 1.807) is 12.1 Å². The summed E-state index contributed by atoms with van der Waals surface area (Å²) in [6, 6.07) is 6.18. The van der Waals surface area contributed by atoms with Gasteiger partial charge in [0.15, 0.2) is 0 Å². The Kier molecular flexibility index (Phi) is 6.25. The van der Waals surface area contributed by atoms with Crippen molar-refractivity contribution in [3.8, 4) is 0 Å². The smallest absolute Gasteiger partial charge is 0.223 e. The van der Waals surface area contributed by atoms with Crippen molar-refractivity contribution >= 4 is 18.3 Å². The molecule has 19 heavy (non-hydrogen) atoms. The molecule has 0 bridgehead atoms. The van der Waals surface area contributed by atoms with Crippen molar-refractivity contribution < 1.29 is 9.18 Å². The molecule has 0 aromatic heterocycles. The van der Waals surface area contributed by atoms with Gasteiger partial charge in [-0.05, 0) is 43.0 Å². The van der Waals surface area contributed by atoms with Crippen LogP contribution in [-0.2, 0) is 11.3 Å². The quantitative estimate of drug-likeness (QED) is 0.892. The molecule has 1 aromatic rings. The van der Waals surface area contributed by atoms with Crippen molar-refractivity contribution in [3.05, 3.63) is 35.6 Å². The number of nitrogens with two attached hydrogens (primary N) is 1. The number of benzene rings is 1. The Labute approximate surface area is 119 Å². The normalized spacial score (nSPS) is 21.8. The van der Waals surface area contributed by atoms with Crippen molar-refractivity contribution in [3.63, 3.8) is 0 Å². The predicted molar refractivity (Wildman–Crippen MR) is 75.4 cm³/mol. The maximum Gasteiger partial charge on any atom is 0.223 e. The molecule has 2 atom stereocenters. The molecular weight excluding hydrogens is 267 g/mol. The van der Waals surface area contributed by atoms with Crippen LogP contribution in [0.15, 0.2) is 24.3 Å². The Morgan fingerprint density at radius 1 is 1.32 bits per heavy atom. The molecule has 3 N–H and O–H groups in total. The van der Waals surface area contributed by atoms with Gasteiger partial charge in [0.1, 0.15) is 5.82 Å². The molecule has 1 aliphatic carbocycles. The van der Waals surface area contributed by atoms with Gasteiger partial charge in [0, 0.05) is 12.5 Å². The highest BCUT2D eigenvalue weighted by Crippen LogP contribution is 2.30. The monoisotopic (exact) mass is 286 g/mol. The Morgan fingerprint density at radius 3 is 2.63 bits per heavy atom. The van der Waals surface area contributed by atoms with Crippen LogP contribution >= 0.6 is 12.4 Å². The van der Waals surface area contributed by atoms with E-state index in [1.807, 2.05) is 0 Å². The minimum Gasteiger partial charge on any atom is -0.352 e. The first-order valence-electron chi connectivity index (χ1n) is 6.43.